The number of thiophene rings is 1. The maximum atomic E-state index is 12.7. The topological polar surface area (TPSA) is 81.1 Å². The van der Waals surface area contributed by atoms with Gasteiger partial charge in [-0.1, -0.05) is 0 Å². The van der Waals surface area contributed by atoms with E-state index in [1.54, 1.807) is 22.1 Å². The van der Waals surface area contributed by atoms with Crippen LogP contribution in [0.4, 0.5) is 5.82 Å². The van der Waals surface area contributed by atoms with Gasteiger partial charge in [0.2, 0.25) is 0 Å². The number of fused-ring (bicyclic) bond motifs is 1. The van der Waals surface area contributed by atoms with Crippen molar-refractivity contribution in [3.8, 4) is 0 Å². The molecule has 1 fully saturated rings. The molecule has 1 amide bonds. The molecular weight excluding hydrogens is 358 g/mol. The number of hydrogen-bond acceptors (Lipinski definition) is 5. The number of hydrogen-bond donors (Lipinski definition) is 1. The standard InChI is InChI=1S/C17H21N3O3S2/c1-11-8-16(20(19-11)13-6-7-25(22,23)10-13)18-17(21)15-9-12-4-2-3-5-14(12)24-15/h8-9,13H,2-7,10H2,1H3,(H,18,21). The summed E-state index contributed by atoms with van der Waals surface area (Å²) in [5, 5.41) is 7.35. The number of nitrogens with one attached hydrogen (secondary N) is 1. The molecule has 0 saturated carbocycles. The van der Waals surface area contributed by atoms with Crippen LogP contribution in [0.5, 0.6) is 0 Å². The Bertz CT molecular complexity index is 904. The van der Waals surface area contributed by atoms with E-state index >= 15 is 0 Å². The summed E-state index contributed by atoms with van der Waals surface area (Å²) in [7, 11) is -3.01. The van der Waals surface area contributed by atoms with Crippen LogP contribution in [0.25, 0.3) is 0 Å². The van der Waals surface area contributed by atoms with Crippen LogP contribution in [0.15, 0.2) is 12.1 Å². The molecule has 1 saturated heterocycles. The number of aryl methyl sites for hydroxylation is 3. The first-order valence-electron chi connectivity index (χ1n) is 8.61. The van der Waals surface area contributed by atoms with Crippen LogP contribution in [0, 0.1) is 6.92 Å². The summed E-state index contributed by atoms with van der Waals surface area (Å²) in [6.45, 7) is 1.85. The molecule has 4 rings (SSSR count). The van der Waals surface area contributed by atoms with Crippen LogP contribution in [0.3, 0.4) is 0 Å². The predicted octanol–water partition coefficient (Wildman–Crippen LogP) is 2.74. The van der Waals surface area contributed by atoms with Gasteiger partial charge in [0.1, 0.15) is 5.82 Å². The number of rotatable bonds is 3. The number of sulfone groups is 1. The molecule has 2 aromatic heterocycles. The first-order chi connectivity index (χ1) is 11.9. The van der Waals surface area contributed by atoms with Crippen molar-refractivity contribution in [1.82, 2.24) is 9.78 Å². The zero-order valence-electron chi connectivity index (χ0n) is 14.1. The van der Waals surface area contributed by atoms with E-state index in [2.05, 4.69) is 10.4 Å². The SMILES string of the molecule is Cc1cc(NC(=O)c2cc3c(s2)CCCC3)n(C2CCS(=O)(=O)C2)n1. The Kier molecular flexibility index (Phi) is 4.19. The molecule has 3 heterocycles. The van der Waals surface area contributed by atoms with Crippen LogP contribution in [0.1, 0.15) is 51.1 Å². The minimum atomic E-state index is -3.01. The van der Waals surface area contributed by atoms with Gasteiger partial charge in [0.25, 0.3) is 5.91 Å². The Morgan fingerprint density at radius 1 is 1.32 bits per heavy atom. The Labute approximate surface area is 151 Å². The third kappa shape index (κ3) is 3.37. The van der Waals surface area contributed by atoms with Crippen LogP contribution in [-0.4, -0.2) is 35.6 Å². The second-order valence-electron chi connectivity index (χ2n) is 6.89. The highest BCUT2D eigenvalue weighted by atomic mass is 32.2. The molecule has 0 aromatic carbocycles. The predicted molar refractivity (Wildman–Crippen MR) is 98.2 cm³/mol. The van der Waals surface area contributed by atoms with Crippen molar-refractivity contribution in [3.05, 3.63) is 33.1 Å². The lowest BCUT2D eigenvalue weighted by Gasteiger charge is -2.13. The monoisotopic (exact) mass is 379 g/mol. The van der Waals surface area contributed by atoms with Crippen molar-refractivity contribution in [2.24, 2.45) is 0 Å². The maximum Gasteiger partial charge on any atom is 0.266 e. The van der Waals surface area contributed by atoms with Gasteiger partial charge in [0.05, 0.1) is 28.1 Å². The zero-order valence-corrected chi connectivity index (χ0v) is 15.8. The van der Waals surface area contributed by atoms with Gasteiger partial charge in [-0.2, -0.15) is 5.10 Å². The van der Waals surface area contributed by atoms with E-state index in [-0.39, 0.29) is 23.5 Å². The maximum absolute atomic E-state index is 12.7. The molecule has 1 aliphatic heterocycles. The summed E-state index contributed by atoms with van der Waals surface area (Å²) >= 11 is 1.57. The largest absolute Gasteiger partial charge is 0.306 e. The van der Waals surface area contributed by atoms with Crippen molar-refractivity contribution in [2.45, 2.75) is 45.1 Å². The molecular formula is C17H21N3O3S2. The minimum absolute atomic E-state index is 0.0876. The van der Waals surface area contributed by atoms with E-state index < -0.39 is 9.84 Å². The number of amides is 1. The molecule has 134 valence electrons. The molecule has 1 atom stereocenters. The van der Waals surface area contributed by atoms with Gasteiger partial charge >= 0.3 is 0 Å². The fourth-order valence-electron chi connectivity index (χ4n) is 3.64. The minimum Gasteiger partial charge on any atom is -0.306 e. The lowest BCUT2D eigenvalue weighted by atomic mass is 9.99. The third-order valence-corrected chi connectivity index (χ3v) is 7.86. The first-order valence-corrected chi connectivity index (χ1v) is 11.2. The second-order valence-corrected chi connectivity index (χ2v) is 10.3. The molecule has 1 unspecified atom stereocenters. The fraction of sp³-hybridized carbons (Fsp3) is 0.529. The van der Waals surface area contributed by atoms with Crippen LogP contribution < -0.4 is 5.32 Å². The molecule has 0 radical (unpaired) electrons. The van der Waals surface area contributed by atoms with E-state index in [1.165, 1.54) is 23.3 Å². The van der Waals surface area contributed by atoms with E-state index in [0.717, 1.165) is 23.4 Å². The Morgan fingerprint density at radius 2 is 2.12 bits per heavy atom. The van der Waals surface area contributed by atoms with Gasteiger partial charge in [-0.3, -0.25) is 4.79 Å². The fourth-order valence-corrected chi connectivity index (χ4v) is 6.48. The van der Waals surface area contributed by atoms with Crippen molar-refractivity contribution >= 4 is 32.9 Å². The van der Waals surface area contributed by atoms with Gasteiger partial charge in [0, 0.05) is 10.9 Å². The molecule has 0 bridgehead atoms. The molecule has 1 aliphatic carbocycles. The molecule has 8 heteroatoms. The van der Waals surface area contributed by atoms with Crippen molar-refractivity contribution in [2.75, 3.05) is 16.8 Å². The van der Waals surface area contributed by atoms with E-state index in [9.17, 15) is 13.2 Å². The average molecular weight is 380 g/mol. The quantitative estimate of drug-likeness (QED) is 0.889. The average Bonchev–Trinajstić information content (AvgIpc) is 3.23. The smallest absolute Gasteiger partial charge is 0.266 e. The van der Waals surface area contributed by atoms with Gasteiger partial charge < -0.3 is 5.32 Å². The van der Waals surface area contributed by atoms with Crippen LogP contribution in [-0.2, 0) is 22.7 Å². The molecule has 25 heavy (non-hydrogen) atoms. The summed E-state index contributed by atoms with van der Waals surface area (Å²) < 4.78 is 25.2. The first kappa shape index (κ1) is 16.8. The number of aromatic nitrogens is 2. The number of carbonyl (C=O) groups is 1. The number of nitrogens with zero attached hydrogens (tertiary/aromatic N) is 2. The van der Waals surface area contributed by atoms with Gasteiger partial charge in [0.15, 0.2) is 9.84 Å². The molecule has 0 spiro atoms. The van der Waals surface area contributed by atoms with Crippen LogP contribution >= 0.6 is 11.3 Å². The summed E-state index contributed by atoms with van der Waals surface area (Å²) in [6.07, 6.45) is 5.03. The summed E-state index contributed by atoms with van der Waals surface area (Å²) in [5.41, 5.74) is 2.07. The Morgan fingerprint density at radius 3 is 2.84 bits per heavy atom. The zero-order chi connectivity index (χ0) is 17.6. The van der Waals surface area contributed by atoms with Crippen molar-refractivity contribution in [1.29, 1.82) is 0 Å². The molecule has 6 nitrogen and oxygen atoms in total. The molecule has 2 aromatic rings. The van der Waals surface area contributed by atoms with Crippen molar-refractivity contribution < 1.29 is 13.2 Å². The van der Waals surface area contributed by atoms with Crippen molar-refractivity contribution in [3.63, 3.8) is 0 Å². The Balaban J connectivity index is 1.56. The van der Waals surface area contributed by atoms with E-state index in [0.29, 0.717) is 12.2 Å². The number of anilines is 1. The molecule has 1 N–H and O–H groups in total. The highest BCUT2D eigenvalue weighted by molar-refractivity contribution is 7.91. The summed E-state index contributed by atoms with van der Waals surface area (Å²) in [4.78, 5) is 14.7. The second kappa shape index (κ2) is 6.25. The highest BCUT2D eigenvalue weighted by Crippen LogP contribution is 2.31. The lowest BCUT2D eigenvalue weighted by molar-refractivity contribution is 0.102. The summed E-state index contributed by atoms with van der Waals surface area (Å²) in [6, 6.07) is 3.60. The Hall–Kier alpha value is -1.67. The van der Waals surface area contributed by atoms with Crippen LogP contribution in [0.2, 0.25) is 0 Å². The number of carbonyl (C=O) groups excluding carboxylic acids is 1. The van der Waals surface area contributed by atoms with E-state index in [1.807, 2.05) is 13.0 Å². The molecule has 2 aliphatic rings. The summed E-state index contributed by atoms with van der Waals surface area (Å²) in [5.74, 6) is 0.712. The highest BCUT2D eigenvalue weighted by Gasteiger charge is 2.31. The third-order valence-electron chi connectivity index (χ3n) is 4.87. The lowest BCUT2D eigenvalue weighted by Crippen LogP contribution is -2.19. The van der Waals surface area contributed by atoms with Gasteiger partial charge in [-0.15, -0.1) is 11.3 Å². The van der Waals surface area contributed by atoms with E-state index in [4.69, 9.17) is 0 Å². The van der Waals surface area contributed by atoms with Gasteiger partial charge in [-0.25, -0.2) is 13.1 Å². The normalized spacial score (nSPS) is 21.9. The van der Waals surface area contributed by atoms with Gasteiger partial charge in [-0.05, 0) is 50.7 Å².